The van der Waals surface area contributed by atoms with E-state index < -0.39 is 0 Å². The first-order valence-electron chi connectivity index (χ1n) is 5.41. The van der Waals surface area contributed by atoms with Crippen LogP contribution in [0.3, 0.4) is 0 Å². The third-order valence-corrected chi connectivity index (χ3v) is 3.81. The molecule has 1 aromatic rings. The highest BCUT2D eigenvalue weighted by atomic mass is 32.2. The van der Waals surface area contributed by atoms with Gasteiger partial charge in [-0.3, -0.25) is 9.69 Å². The molecule has 0 aliphatic carbocycles. The number of methoxy groups -OCH3 is 1. The van der Waals surface area contributed by atoms with Crippen LogP contribution in [0.4, 0.5) is 0 Å². The maximum atomic E-state index is 12.4. The molecular weight excluding hydrogens is 238 g/mol. The van der Waals surface area contributed by atoms with Gasteiger partial charge in [-0.05, 0) is 7.05 Å². The summed E-state index contributed by atoms with van der Waals surface area (Å²) in [6, 6.07) is -0.126. The fraction of sp³-hybridized carbons (Fsp3) is 0.545. The van der Waals surface area contributed by atoms with Gasteiger partial charge in [-0.1, -0.05) is 0 Å². The number of carbonyl (C=O) groups is 1. The summed E-state index contributed by atoms with van der Waals surface area (Å²) in [5, 5.41) is 0. The van der Waals surface area contributed by atoms with Crippen LogP contribution in [0, 0.1) is 0 Å². The molecule has 0 spiro atoms. The van der Waals surface area contributed by atoms with Gasteiger partial charge in [0.2, 0.25) is 11.7 Å². The summed E-state index contributed by atoms with van der Waals surface area (Å²) in [4.78, 5) is 22.5. The average molecular weight is 253 g/mol. The fourth-order valence-corrected chi connectivity index (χ4v) is 2.98. The molecule has 0 aromatic carbocycles. The van der Waals surface area contributed by atoms with Crippen LogP contribution in [0.25, 0.3) is 0 Å². The molecule has 0 radical (unpaired) electrons. The van der Waals surface area contributed by atoms with Crippen molar-refractivity contribution in [2.24, 2.45) is 0 Å². The van der Waals surface area contributed by atoms with Gasteiger partial charge in [0, 0.05) is 30.4 Å². The van der Waals surface area contributed by atoms with E-state index in [4.69, 9.17) is 4.74 Å². The van der Waals surface area contributed by atoms with Crippen LogP contribution < -0.4 is 4.74 Å². The summed E-state index contributed by atoms with van der Waals surface area (Å²) < 4.78 is 5.07. The first-order chi connectivity index (χ1) is 8.24. The molecule has 17 heavy (non-hydrogen) atoms. The van der Waals surface area contributed by atoms with Crippen LogP contribution in [0.2, 0.25) is 0 Å². The third kappa shape index (κ3) is 2.58. The molecule has 1 unspecified atom stereocenters. The Morgan fingerprint density at radius 1 is 1.53 bits per heavy atom. The second-order valence-corrected chi connectivity index (χ2v) is 5.00. The monoisotopic (exact) mass is 253 g/mol. The normalized spacial score (nSPS) is 21.2. The van der Waals surface area contributed by atoms with Crippen molar-refractivity contribution in [1.29, 1.82) is 0 Å². The summed E-state index contributed by atoms with van der Waals surface area (Å²) in [5.41, 5.74) is 0.328. The van der Waals surface area contributed by atoms with Gasteiger partial charge < -0.3 is 4.74 Å². The van der Waals surface area contributed by atoms with Gasteiger partial charge in [0.05, 0.1) is 13.2 Å². The molecule has 92 valence electrons. The Hall–Kier alpha value is -1.14. The van der Waals surface area contributed by atoms with Gasteiger partial charge >= 0.3 is 0 Å². The third-order valence-electron chi connectivity index (χ3n) is 2.79. The Bertz CT molecular complexity index is 413. The van der Waals surface area contributed by atoms with Gasteiger partial charge in [-0.2, -0.15) is 11.8 Å². The summed E-state index contributed by atoms with van der Waals surface area (Å²) >= 11 is 1.79. The highest BCUT2D eigenvalue weighted by molar-refractivity contribution is 7.99. The van der Waals surface area contributed by atoms with Crippen molar-refractivity contribution in [2.45, 2.75) is 6.04 Å². The number of aromatic nitrogens is 2. The predicted octanol–water partition coefficient (Wildman–Crippen LogP) is 0.715. The molecular formula is C11H15N3O2S. The summed E-state index contributed by atoms with van der Waals surface area (Å²) in [7, 11) is 3.46. The van der Waals surface area contributed by atoms with Gasteiger partial charge in [0.15, 0.2) is 5.69 Å². The molecule has 1 aliphatic heterocycles. The zero-order chi connectivity index (χ0) is 12.3. The second kappa shape index (κ2) is 5.46. The maximum Gasteiger partial charge on any atom is 0.243 e. The Kier molecular flexibility index (Phi) is 3.96. The number of ether oxygens (including phenoxy) is 1. The molecule has 5 nitrogen and oxygen atoms in total. The lowest BCUT2D eigenvalue weighted by molar-refractivity contribution is 0.0865. The van der Waals surface area contributed by atoms with Crippen molar-refractivity contribution in [3.05, 3.63) is 18.1 Å². The van der Waals surface area contributed by atoms with E-state index in [2.05, 4.69) is 14.9 Å². The Morgan fingerprint density at radius 3 is 3.00 bits per heavy atom. The first kappa shape index (κ1) is 12.3. The number of rotatable bonds is 3. The standard InChI is InChI=1S/C11H15N3O2S/c1-14-5-6-17-7-8(14)10(15)9-11(16-2)13-4-3-12-9/h3-4,8H,5-7H2,1-2H3. The number of hydrogen-bond donors (Lipinski definition) is 0. The number of nitrogens with zero attached hydrogens (tertiary/aromatic N) is 3. The molecule has 1 aromatic heterocycles. The lowest BCUT2D eigenvalue weighted by Crippen LogP contribution is -2.45. The van der Waals surface area contributed by atoms with E-state index in [1.165, 1.54) is 19.5 Å². The highest BCUT2D eigenvalue weighted by Crippen LogP contribution is 2.21. The smallest absolute Gasteiger partial charge is 0.243 e. The van der Waals surface area contributed by atoms with Gasteiger partial charge in [-0.15, -0.1) is 0 Å². The molecule has 1 aliphatic rings. The van der Waals surface area contributed by atoms with Crippen molar-refractivity contribution in [1.82, 2.24) is 14.9 Å². The maximum absolute atomic E-state index is 12.4. The van der Waals surface area contributed by atoms with Crippen LogP contribution in [0.1, 0.15) is 10.5 Å². The van der Waals surface area contributed by atoms with Crippen LogP contribution in [0.5, 0.6) is 5.88 Å². The van der Waals surface area contributed by atoms with E-state index in [1.807, 2.05) is 7.05 Å². The van der Waals surface area contributed by atoms with E-state index in [9.17, 15) is 4.79 Å². The lowest BCUT2D eigenvalue weighted by atomic mass is 10.1. The summed E-state index contributed by atoms with van der Waals surface area (Å²) in [6.45, 7) is 0.920. The minimum Gasteiger partial charge on any atom is -0.479 e. The molecule has 1 saturated heterocycles. The largest absolute Gasteiger partial charge is 0.479 e. The van der Waals surface area contributed by atoms with Crippen molar-refractivity contribution < 1.29 is 9.53 Å². The minimum atomic E-state index is -0.126. The zero-order valence-corrected chi connectivity index (χ0v) is 10.7. The average Bonchev–Trinajstić information content (AvgIpc) is 2.38. The topological polar surface area (TPSA) is 55.3 Å². The fourth-order valence-electron chi connectivity index (χ4n) is 1.76. The molecule has 1 atom stereocenters. The lowest BCUT2D eigenvalue weighted by Gasteiger charge is -2.30. The van der Waals surface area contributed by atoms with Crippen molar-refractivity contribution >= 4 is 17.5 Å². The van der Waals surface area contributed by atoms with Gasteiger partial charge in [0.1, 0.15) is 0 Å². The second-order valence-electron chi connectivity index (χ2n) is 3.85. The van der Waals surface area contributed by atoms with Crippen LogP contribution in [-0.2, 0) is 0 Å². The van der Waals surface area contributed by atoms with Crippen LogP contribution in [0.15, 0.2) is 12.4 Å². The number of carbonyl (C=O) groups excluding carboxylic acids is 1. The van der Waals surface area contributed by atoms with E-state index in [0.29, 0.717) is 11.6 Å². The summed E-state index contributed by atoms with van der Waals surface area (Å²) in [6.07, 6.45) is 3.04. The molecule has 0 N–H and O–H groups in total. The molecule has 1 fully saturated rings. The van der Waals surface area contributed by atoms with Crippen LogP contribution >= 0.6 is 11.8 Å². The number of thioether (sulfide) groups is 1. The van der Waals surface area contributed by atoms with Crippen molar-refractivity contribution in [2.75, 3.05) is 32.2 Å². The van der Waals surface area contributed by atoms with E-state index in [1.54, 1.807) is 11.8 Å². The van der Waals surface area contributed by atoms with E-state index in [0.717, 1.165) is 18.1 Å². The minimum absolute atomic E-state index is 0.00958. The van der Waals surface area contributed by atoms with Crippen LogP contribution in [-0.4, -0.2) is 58.9 Å². The molecule has 0 amide bonds. The van der Waals surface area contributed by atoms with Crippen molar-refractivity contribution in [3.63, 3.8) is 0 Å². The van der Waals surface area contributed by atoms with E-state index in [-0.39, 0.29) is 11.8 Å². The SMILES string of the molecule is COc1nccnc1C(=O)C1CSCCN1C. The number of ketones is 1. The number of likely N-dealkylation sites (N-methyl/N-ethyl adjacent to an activating group) is 1. The Labute approximate surface area is 105 Å². The summed E-state index contributed by atoms with van der Waals surface area (Å²) in [5.74, 6) is 2.17. The Morgan fingerprint density at radius 2 is 2.29 bits per heavy atom. The predicted molar refractivity (Wildman–Crippen MR) is 66.7 cm³/mol. The number of Topliss-reactive ketones (excluding diaryl/α,β-unsaturated/α-hetero) is 1. The van der Waals surface area contributed by atoms with Gasteiger partial charge in [0.25, 0.3) is 0 Å². The highest BCUT2D eigenvalue weighted by Gasteiger charge is 2.30. The molecule has 0 bridgehead atoms. The molecule has 2 rings (SSSR count). The molecule has 6 heteroatoms. The Balaban J connectivity index is 2.23. The molecule has 0 saturated carbocycles. The quantitative estimate of drug-likeness (QED) is 0.740. The van der Waals surface area contributed by atoms with Crippen molar-refractivity contribution in [3.8, 4) is 5.88 Å². The van der Waals surface area contributed by atoms with E-state index >= 15 is 0 Å². The first-order valence-corrected chi connectivity index (χ1v) is 6.56. The van der Waals surface area contributed by atoms with Gasteiger partial charge in [-0.25, -0.2) is 9.97 Å². The zero-order valence-electron chi connectivity index (χ0n) is 9.92. The number of hydrogen-bond acceptors (Lipinski definition) is 6. The molecule has 2 heterocycles.